The van der Waals surface area contributed by atoms with Gasteiger partial charge in [0.25, 0.3) is 0 Å². The molecule has 1 aromatic carbocycles. The summed E-state index contributed by atoms with van der Waals surface area (Å²) in [6.45, 7) is 12.8. The zero-order chi connectivity index (χ0) is 30.0. The highest BCUT2D eigenvalue weighted by Gasteiger charge is 2.35. The Kier molecular flexibility index (Phi) is 17.7. The summed E-state index contributed by atoms with van der Waals surface area (Å²) in [6, 6.07) is 6.42. The van der Waals surface area contributed by atoms with Crippen molar-refractivity contribution < 1.29 is 19.1 Å². The number of thioether (sulfide) groups is 1. The first-order chi connectivity index (χ1) is 19.1. The van der Waals surface area contributed by atoms with Crippen LogP contribution in [0.5, 0.6) is 0 Å². The van der Waals surface area contributed by atoms with Gasteiger partial charge in [0, 0.05) is 13.1 Å². The molecule has 1 aromatic rings. The monoisotopic (exact) mass is 577 g/mol. The molecule has 7 nitrogen and oxygen atoms in total. The van der Waals surface area contributed by atoms with Crippen molar-refractivity contribution in [1.29, 1.82) is 0 Å². The lowest BCUT2D eigenvalue weighted by Gasteiger charge is -2.34. The average molecular weight is 578 g/mol. The van der Waals surface area contributed by atoms with Gasteiger partial charge in [0.15, 0.2) is 0 Å². The third-order valence-corrected chi connectivity index (χ3v) is 7.37. The Hall–Kier alpha value is -2.22. The molecular weight excluding hydrogens is 522 g/mol. The minimum atomic E-state index is -0.789. The summed E-state index contributed by atoms with van der Waals surface area (Å²) in [5.74, 6) is 0.266. The van der Waals surface area contributed by atoms with Crippen LogP contribution in [0.25, 0.3) is 0 Å². The van der Waals surface area contributed by atoms with Gasteiger partial charge >= 0.3 is 6.09 Å². The number of nitrogens with zero attached hydrogens (tertiary/aromatic N) is 1. The number of ether oxygens (including phenoxy) is 1. The topological polar surface area (TPSA) is 87.7 Å². The summed E-state index contributed by atoms with van der Waals surface area (Å²) in [5.41, 5.74) is 1.28. The standard InChI is InChI=1S/C32H55N3O4S/c1-8-11-13-14-16-23-35(30(37)27(21-24-40-7)34-31(38)39-32(4,5)6)28(29(36)33-22-15-12-9-2)26-19-17-25(10-3)18-20-26/h17-20,27-28H,8-16,21-24H2,1-7H3,(H,33,36)(H,34,38). The largest absolute Gasteiger partial charge is 0.444 e. The van der Waals surface area contributed by atoms with Crippen molar-refractivity contribution >= 4 is 29.7 Å². The molecule has 0 radical (unpaired) electrons. The molecule has 1 rings (SSSR count). The van der Waals surface area contributed by atoms with E-state index in [1.54, 1.807) is 37.4 Å². The summed E-state index contributed by atoms with van der Waals surface area (Å²) < 4.78 is 5.49. The van der Waals surface area contributed by atoms with Crippen LogP contribution in [0.4, 0.5) is 4.79 Å². The third-order valence-electron chi connectivity index (χ3n) is 6.73. The van der Waals surface area contributed by atoms with Crippen molar-refractivity contribution in [3.05, 3.63) is 35.4 Å². The lowest BCUT2D eigenvalue weighted by Crippen LogP contribution is -2.53. The maximum Gasteiger partial charge on any atom is 0.408 e. The predicted octanol–water partition coefficient (Wildman–Crippen LogP) is 7.04. The van der Waals surface area contributed by atoms with Crippen LogP contribution in [0.15, 0.2) is 24.3 Å². The first-order valence-corrected chi connectivity index (χ1v) is 16.6. The maximum absolute atomic E-state index is 14.3. The fourth-order valence-electron chi connectivity index (χ4n) is 4.49. The van der Waals surface area contributed by atoms with Gasteiger partial charge in [-0.1, -0.05) is 83.6 Å². The van der Waals surface area contributed by atoms with Crippen molar-refractivity contribution in [2.24, 2.45) is 0 Å². The van der Waals surface area contributed by atoms with Gasteiger partial charge in [-0.25, -0.2) is 4.79 Å². The van der Waals surface area contributed by atoms with Crippen molar-refractivity contribution in [2.75, 3.05) is 25.1 Å². The van der Waals surface area contributed by atoms with Crippen LogP contribution >= 0.6 is 11.8 Å². The number of carbonyl (C=O) groups is 3. The van der Waals surface area contributed by atoms with E-state index in [1.807, 2.05) is 30.5 Å². The van der Waals surface area contributed by atoms with Gasteiger partial charge in [0.2, 0.25) is 11.8 Å². The lowest BCUT2D eigenvalue weighted by atomic mass is 9.99. The van der Waals surface area contributed by atoms with Gasteiger partial charge < -0.3 is 20.3 Å². The summed E-state index contributed by atoms with van der Waals surface area (Å²) >= 11 is 1.61. The van der Waals surface area contributed by atoms with E-state index in [2.05, 4.69) is 31.4 Å². The van der Waals surface area contributed by atoms with Crippen molar-refractivity contribution in [2.45, 2.75) is 123 Å². The molecule has 0 heterocycles. The highest BCUT2D eigenvalue weighted by atomic mass is 32.2. The Morgan fingerprint density at radius 2 is 1.55 bits per heavy atom. The van der Waals surface area contributed by atoms with E-state index in [-0.39, 0.29) is 11.8 Å². The fraction of sp³-hybridized carbons (Fsp3) is 0.719. The average Bonchev–Trinajstić information content (AvgIpc) is 2.91. The van der Waals surface area contributed by atoms with Crippen LogP contribution in [-0.2, 0) is 20.7 Å². The first-order valence-electron chi connectivity index (χ1n) is 15.2. The van der Waals surface area contributed by atoms with E-state index in [1.165, 1.54) is 5.56 Å². The molecule has 0 saturated heterocycles. The molecule has 0 aliphatic heterocycles. The third kappa shape index (κ3) is 13.9. The quantitative estimate of drug-likeness (QED) is 0.172. The van der Waals surface area contributed by atoms with Crippen molar-refractivity contribution in [3.63, 3.8) is 0 Å². The van der Waals surface area contributed by atoms with Gasteiger partial charge in [-0.15, -0.1) is 0 Å². The Morgan fingerprint density at radius 1 is 0.925 bits per heavy atom. The zero-order valence-electron chi connectivity index (χ0n) is 26.1. The molecular formula is C32H55N3O4S. The van der Waals surface area contributed by atoms with Crippen LogP contribution in [0.1, 0.15) is 116 Å². The molecule has 0 spiro atoms. The normalized spacial score (nSPS) is 12.9. The molecule has 2 N–H and O–H groups in total. The number of alkyl carbamates (subject to hydrolysis) is 1. The molecule has 0 aromatic heterocycles. The number of nitrogens with one attached hydrogen (secondary N) is 2. The fourth-order valence-corrected chi connectivity index (χ4v) is 4.96. The number of amides is 3. The highest BCUT2D eigenvalue weighted by molar-refractivity contribution is 7.98. The number of hydrogen-bond acceptors (Lipinski definition) is 5. The van der Waals surface area contributed by atoms with Gasteiger partial charge in [0.1, 0.15) is 17.7 Å². The predicted molar refractivity (Wildman–Crippen MR) is 168 cm³/mol. The number of carbonyl (C=O) groups excluding carboxylic acids is 3. The van der Waals surface area contributed by atoms with Crippen LogP contribution in [0, 0.1) is 0 Å². The second kappa shape index (κ2) is 19.8. The molecule has 2 atom stereocenters. The second-order valence-corrected chi connectivity index (χ2v) is 12.4. The Bertz CT molecular complexity index is 870. The number of rotatable bonds is 19. The summed E-state index contributed by atoms with van der Waals surface area (Å²) in [4.78, 5) is 42.5. The van der Waals surface area contributed by atoms with Gasteiger partial charge in [-0.05, 0) is 69.6 Å². The Morgan fingerprint density at radius 3 is 2.12 bits per heavy atom. The summed E-state index contributed by atoms with van der Waals surface area (Å²) in [7, 11) is 0. The molecule has 0 fully saturated rings. The Labute approximate surface area is 248 Å². The Balaban J connectivity index is 3.41. The molecule has 0 aliphatic carbocycles. The molecule has 8 heteroatoms. The second-order valence-electron chi connectivity index (χ2n) is 11.4. The highest BCUT2D eigenvalue weighted by Crippen LogP contribution is 2.25. The van der Waals surface area contributed by atoms with Crippen LogP contribution in [0.2, 0.25) is 0 Å². The van der Waals surface area contributed by atoms with Crippen LogP contribution in [0.3, 0.4) is 0 Å². The minimum Gasteiger partial charge on any atom is -0.444 e. The number of benzene rings is 1. The lowest BCUT2D eigenvalue weighted by molar-refractivity contribution is -0.142. The smallest absolute Gasteiger partial charge is 0.408 e. The zero-order valence-corrected chi connectivity index (χ0v) is 27.0. The van der Waals surface area contributed by atoms with Crippen LogP contribution < -0.4 is 10.6 Å². The maximum atomic E-state index is 14.3. The molecule has 228 valence electrons. The molecule has 40 heavy (non-hydrogen) atoms. The summed E-state index contributed by atoms with van der Waals surface area (Å²) in [5, 5.41) is 5.92. The van der Waals surface area contributed by atoms with Gasteiger partial charge in [-0.3, -0.25) is 9.59 Å². The first kappa shape index (κ1) is 35.8. The number of hydrogen-bond donors (Lipinski definition) is 2. The van der Waals surface area contributed by atoms with Crippen molar-refractivity contribution in [1.82, 2.24) is 15.5 Å². The SMILES string of the molecule is CCCCCCCN(C(=O)C(CCSC)NC(=O)OC(C)(C)C)C(C(=O)NCCCCC)c1ccc(CC)cc1. The van der Waals surface area contributed by atoms with E-state index >= 15 is 0 Å². The van der Waals surface area contributed by atoms with E-state index < -0.39 is 23.8 Å². The molecule has 0 bridgehead atoms. The molecule has 0 saturated carbocycles. The van der Waals surface area contributed by atoms with Gasteiger partial charge in [-0.2, -0.15) is 11.8 Å². The van der Waals surface area contributed by atoms with Gasteiger partial charge in [0.05, 0.1) is 0 Å². The molecule has 0 aliphatic rings. The molecule has 3 amide bonds. The van der Waals surface area contributed by atoms with Crippen molar-refractivity contribution in [3.8, 4) is 0 Å². The minimum absolute atomic E-state index is 0.178. The van der Waals surface area contributed by atoms with E-state index in [4.69, 9.17) is 4.74 Å². The number of unbranched alkanes of at least 4 members (excludes halogenated alkanes) is 6. The molecule has 2 unspecified atom stereocenters. The van der Waals surface area contributed by atoms with E-state index in [9.17, 15) is 14.4 Å². The number of aryl methyl sites for hydroxylation is 1. The van der Waals surface area contributed by atoms with Crippen LogP contribution in [-0.4, -0.2) is 59.5 Å². The van der Waals surface area contributed by atoms with E-state index in [0.29, 0.717) is 25.3 Å². The van der Waals surface area contributed by atoms with E-state index in [0.717, 1.165) is 63.4 Å². The summed E-state index contributed by atoms with van der Waals surface area (Å²) in [6.07, 6.45) is 10.8.